The molecule has 0 saturated carbocycles. The van der Waals surface area contributed by atoms with Gasteiger partial charge in [0.15, 0.2) is 0 Å². The Hall–Kier alpha value is -1.20. The van der Waals surface area contributed by atoms with E-state index in [0.717, 1.165) is 43.9 Å². The lowest BCUT2D eigenvalue weighted by atomic mass is 9.94. The van der Waals surface area contributed by atoms with E-state index in [2.05, 4.69) is 11.4 Å². The fourth-order valence-corrected chi connectivity index (χ4v) is 2.93. The zero-order valence-electron chi connectivity index (χ0n) is 10.9. The highest BCUT2D eigenvalue weighted by Crippen LogP contribution is 2.25. The van der Waals surface area contributed by atoms with Gasteiger partial charge in [-0.25, -0.2) is 4.98 Å². The molecule has 0 bridgehead atoms. The Morgan fingerprint density at radius 1 is 1.42 bits per heavy atom. The molecule has 0 amide bonds. The first-order valence-electron chi connectivity index (χ1n) is 6.91. The third-order valence-corrected chi connectivity index (χ3v) is 4.06. The van der Waals surface area contributed by atoms with Crippen LogP contribution in [0, 0.1) is 0 Å². The molecular weight excluding hydrogens is 258 g/mol. The second-order valence-corrected chi connectivity index (χ2v) is 5.71. The molecule has 1 atom stereocenters. The standard InChI is InChI=1S/C14H19N3OS/c15-13(19)11-7-9-3-1-2-4-12(9)17-14(11)16-10-5-6-18-8-10/h7,10H,1-6,8H2,(H2,15,19)(H,16,17). The van der Waals surface area contributed by atoms with E-state index in [-0.39, 0.29) is 0 Å². The van der Waals surface area contributed by atoms with Crippen molar-refractivity contribution in [2.75, 3.05) is 18.5 Å². The predicted molar refractivity (Wildman–Crippen MR) is 79.6 cm³/mol. The van der Waals surface area contributed by atoms with Gasteiger partial charge in [-0.3, -0.25) is 0 Å². The number of aryl methyl sites for hydroxylation is 2. The molecule has 5 heteroatoms. The number of rotatable bonds is 3. The number of nitrogens with zero attached hydrogens (tertiary/aromatic N) is 1. The summed E-state index contributed by atoms with van der Waals surface area (Å²) in [5.41, 5.74) is 9.23. The number of pyridine rings is 1. The van der Waals surface area contributed by atoms with Crippen molar-refractivity contribution in [1.82, 2.24) is 4.98 Å². The van der Waals surface area contributed by atoms with Crippen LogP contribution in [0.1, 0.15) is 36.1 Å². The largest absolute Gasteiger partial charge is 0.389 e. The van der Waals surface area contributed by atoms with Gasteiger partial charge in [-0.2, -0.15) is 0 Å². The number of nitrogens with one attached hydrogen (secondary N) is 1. The lowest BCUT2D eigenvalue weighted by molar-refractivity contribution is 0.195. The topological polar surface area (TPSA) is 60.2 Å². The van der Waals surface area contributed by atoms with Gasteiger partial charge in [0.2, 0.25) is 0 Å². The van der Waals surface area contributed by atoms with Gasteiger partial charge < -0.3 is 15.8 Å². The normalized spacial score (nSPS) is 22.0. The Labute approximate surface area is 118 Å². The molecule has 3 rings (SSSR count). The number of aromatic nitrogens is 1. The van der Waals surface area contributed by atoms with Gasteiger partial charge in [-0.1, -0.05) is 12.2 Å². The fourth-order valence-electron chi connectivity index (χ4n) is 2.77. The number of fused-ring (bicyclic) bond motifs is 1. The molecule has 0 aromatic carbocycles. The van der Waals surface area contributed by atoms with Crippen molar-refractivity contribution in [2.45, 2.75) is 38.1 Å². The maximum Gasteiger partial charge on any atom is 0.136 e. The van der Waals surface area contributed by atoms with Gasteiger partial charge in [-0.05, 0) is 43.7 Å². The van der Waals surface area contributed by atoms with Crippen molar-refractivity contribution in [3.8, 4) is 0 Å². The van der Waals surface area contributed by atoms with Gasteiger partial charge in [-0.15, -0.1) is 0 Å². The van der Waals surface area contributed by atoms with E-state index in [1.54, 1.807) is 0 Å². The maximum atomic E-state index is 5.84. The lowest BCUT2D eigenvalue weighted by Gasteiger charge is -2.20. The van der Waals surface area contributed by atoms with Gasteiger partial charge in [0.05, 0.1) is 18.2 Å². The first kappa shape index (κ1) is 12.8. The summed E-state index contributed by atoms with van der Waals surface area (Å²) in [5.74, 6) is 0.837. The van der Waals surface area contributed by atoms with Gasteiger partial charge >= 0.3 is 0 Å². The molecule has 1 aliphatic heterocycles. The quantitative estimate of drug-likeness (QED) is 0.825. The Bertz CT molecular complexity index is 498. The number of hydrogen-bond donors (Lipinski definition) is 2. The molecule has 19 heavy (non-hydrogen) atoms. The van der Waals surface area contributed by atoms with Crippen LogP contribution in [0.15, 0.2) is 6.07 Å². The van der Waals surface area contributed by atoms with E-state index in [0.29, 0.717) is 11.0 Å². The Balaban J connectivity index is 1.93. The molecule has 0 spiro atoms. The van der Waals surface area contributed by atoms with Crippen LogP contribution in [0.4, 0.5) is 5.82 Å². The van der Waals surface area contributed by atoms with Crippen molar-refractivity contribution in [2.24, 2.45) is 5.73 Å². The number of hydrogen-bond acceptors (Lipinski definition) is 4. The molecular formula is C14H19N3OS. The molecule has 1 aliphatic carbocycles. The van der Waals surface area contributed by atoms with E-state index in [1.165, 1.54) is 24.1 Å². The van der Waals surface area contributed by atoms with Crippen molar-refractivity contribution >= 4 is 23.0 Å². The highest BCUT2D eigenvalue weighted by atomic mass is 32.1. The number of nitrogens with two attached hydrogens (primary N) is 1. The summed E-state index contributed by atoms with van der Waals surface area (Å²) in [4.78, 5) is 5.18. The third kappa shape index (κ3) is 2.72. The molecule has 1 aromatic rings. The van der Waals surface area contributed by atoms with Crippen LogP contribution in [0.5, 0.6) is 0 Å². The first-order chi connectivity index (χ1) is 9.24. The van der Waals surface area contributed by atoms with E-state index in [1.807, 2.05) is 0 Å². The predicted octanol–water partition coefficient (Wildman–Crippen LogP) is 1.80. The van der Waals surface area contributed by atoms with Crippen LogP contribution in [0.3, 0.4) is 0 Å². The van der Waals surface area contributed by atoms with Gasteiger partial charge in [0.25, 0.3) is 0 Å². The molecule has 4 nitrogen and oxygen atoms in total. The van der Waals surface area contributed by atoms with Gasteiger partial charge in [0.1, 0.15) is 10.8 Å². The van der Waals surface area contributed by atoms with Crippen molar-refractivity contribution < 1.29 is 4.74 Å². The molecule has 102 valence electrons. The second kappa shape index (κ2) is 5.43. The van der Waals surface area contributed by atoms with E-state index >= 15 is 0 Å². The molecule has 1 saturated heterocycles. The SMILES string of the molecule is NC(=S)c1cc2c(nc1NC1CCOC1)CCCC2. The molecule has 1 fully saturated rings. The molecule has 1 aromatic heterocycles. The fraction of sp³-hybridized carbons (Fsp3) is 0.571. The lowest BCUT2D eigenvalue weighted by Crippen LogP contribution is -2.24. The molecule has 3 N–H and O–H groups in total. The van der Waals surface area contributed by atoms with E-state index in [4.69, 9.17) is 27.7 Å². The van der Waals surface area contributed by atoms with Crippen LogP contribution < -0.4 is 11.1 Å². The van der Waals surface area contributed by atoms with Crippen molar-refractivity contribution in [1.29, 1.82) is 0 Å². The number of ether oxygens (including phenoxy) is 1. The molecule has 0 radical (unpaired) electrons. The zero-order chi connectivity index (χ0) is 13.2. The average Bonchev–Trinajstić information content (AvgIpc) is 2.90. The first-order valence-corrected chi connectivity index (χ1v) is 7.32. The summed E-state index contributed by atoms with van der Waals surface area (Å²) in [6.45, 7) is 1.54. The third-order valence-electron chi connectivity index (χ3n) is 3.84. The highest BCUT2D eigenvalue weighted by molar-refractivity contribution is 7.80. The Morgan fingerprint density at radius 2 is 2.26 bits per heavy atom. The van der Waals surface area contributed by atoms with Crippen LogP contribution in [0.2, 0.25) is 0 Å². The highest BCUT2D eigenvalue weighted by Gasteiger charge is 2.20. The van der Waals surface area contributed by atoms with Crippen molar-refractivity contribution in [3.63, 3.8) is 0 Å². The second-order valence-electron chi connectivity index (χ2n) is 5.27. The van der Waals surface area contributed by atoms with Crippen LogP contribution in [-0.4, -0.2) is 29.2 Å². The van der Waals surface area contributed by atoms with Crippen LogP contribution in [0.25, 0.3) is 0 Å². The van der Waals surface area contributed by atoms with Crippen molar-refractivity contribution in [3.05, 3.63) is 22.9 Å². The van der Waals surface area contributed by atoms with E-state index < -0.39 is 0 Å². The molecule has 2 aliphatic rings. The summed E-state index contributed by atoms with van der Waals surface area (Å²) in [6.07, 6.45) is 5.61. The Morgan fingerprint density at radius 3 is 3.00 bits per heavy atom. The minimum Gasteiger partial charge on any atom is -0.389 e. The molecule has 2 heterocycles. The number of anilines is 1. The summed E-state index contributed by atoms with van der Waals surface area (Å²) >= 11 is 5.16. The Kier molecular flexibility index (Phi) is 3.66. The maximum absolute atomic E-state index is 5.84. The minimum atomic E-state index is 0.322. The molecule has 1 unspecified atom stereocenters. The summed E-state index contributed by atoms with van der Waals surface area (Å²) < 4.78 is 5.39. The number of thiocarbonyl (C=S) groups is 1. The average molecular weight is 277 g/mol. The van der Waals surface area contributed by atoms with Crippen LogP contribution >= 0.6 is 12.2 Å². The monoisotopic (exact) mass is 277 g/mol. The summed E-state index contributed by atoms with van der Waals surface area (Å²) in [5, 5.41) is 3.44. The summed E-state index contributed by atoms with van der Waals surface area (Å²) in [6, 6.07) is 2.45. The van der Waals surface area contributed by atoms with E-state index in [9.17, 15) is 0 Å². The van der Waals surface area contributed by atoms with Crippen LogP contribution in [-0.2, 0) is 17.6 Å². The minimum absolute atomic E-state index is 0.322. The van der Waals surface area contributed by atoms with Gasteiger partial charge in [0, 0.05) is 12.3 Å². The summed E-state index contributed by atoms with van der Waals surface area (Å²) in [7, 11) is 0. The smallest absolute Gasteiger partial charge is 0.136 e. The zero-order valence-corrected chi connectivity index (χ0v) is 11.8.